The van der Waals surface area contributed by atoms with Gasteiger partial charge in [-0.25, -0.2) is 4.79 Å². The van der Waals surface area contributed by atoms with Gasteiger partial charge in [-0.05, 0) is 67.6 Å². The van der Waals surface area contributed by atoms with Crippen molar-refractivity contribution in [3.63, 3.8) is 0 Å². The monoisotopic (exact) mass is 481 g/mol. The predicted octanol–water partition coefficient (Wildman–Crippen LogP) is 6.02. The lowest BCUT2D eigenvalue weighted by atomic mass is 9.99. The largest absolute Gasteiger partial charge is 0.488 e. The molecule has 6 heteroatoms. The fraction of sp³-hybridized carbons (Fsp3) is 0.233. The Hall–Kier alpha value is -4.37. The van der Waals surface area contributed by atoms with E-state index in [4.69, 9.17) is 13.9 Å². The summed E-state index contributed by atoms with van der Waals surface area (Å²) in [5.41, 5.74) is 5.53. The molecule has 0 fully saturated rings. The van der Waals surface area contributed by atoms with Crippen molar-refractivity contribution >= 4 is 16.9 Å². The van der Waals surface area contributed by atoms with Crippen LogP contribution in [-0.4, -0.2) is 12.6 Å². The minimum atomic E-state index is -0.446. The smallest absolute Gasteiger partial charge is 0.339 e. The zero-order valence-corrected chi connectivity index (χ0v) is 20.6. The zero-order valence-electron chi connectivity index (χ0n) is 20.6. The lowest BCUT2D eigenvalue weighted by Gasteiger charge is -2.13. The second-order valence-corrected chi connectivity index (χ2v) is 8.51. The molecule has 182 valence electrons. The second-order valence-electron chi connectivity index (χ2n) is 8.51. The number of ether oxygens (including phenoxy) is 2. The van der Waals surface area contributed by atoms with Crippen LogP contribution in [0.15, 0.2) is 69.9 Å². The Morgan fingerprint density at radius 3 is 2.47 bits per heavy atom. The number of esters is 1. The summed E-state index contributed by atoms with van der Waals surface area (Å²) in [5, 5.41) is 10.2. The molecule has 4 aromatic rings. The normalized spacial score (nSPS) is 10.7. The molecule has 0 amide bonds. The van der Waals surface area contributed by atoms with Crippen molar-refractivity contribution in [1.82, 2.24) is 0 Å². The minimum absolute atomic E-state index is 0.131. The van der Waals surface area contributed by atoms with Crippen molar-refractivity contribution in [1.29, 1.82) is 5.26 Å². The van der Waals surface area contributed by atoms with Gasteiger partial charge in [-0.15, -0.1) is 0 Å². The maximum absolute atomic E-state index is 12.7. The number of rotatable bonds is 8. The van der Waals surface area contributed by atoms with Crippen LogP contribution >= 0.6 is 0 Å². The minimum Gasteiger partial charge on any atom is -0.488 e. The van der Waals surface area contributed by atoms with Crippen LogP contribution in [0.1, 0.15) is 41.2 Å². The maximum Gasteiger partial charge on any atom is 0.339 e. The number of benzene rings is 3. The molecule has 6 nitrogen and oxygen atoms in total. The molecular formula is C30H27NO5. The molecule has 0 bridgehead atoms. The Morgan fingerprint density at radius 2 is 1.75 bits per heavy atom. The van der Waals surface area contributed by atoms with E-state index in [1.54, 1.807) is 13.0 Å². The Bertz CT molecular complexity index is 1510. The number of aryl methyl sites for hydroxylation is 2. The van der Waals surface area contributed by atoms with Crippen LogP contribution in [0.2, 0.25) is 0 Å². The molecule has 3 aromatic carbocycles. The van der Waals surface area contributed by atoms with Crippen molar-refractivity contribution in [2.24, 2.45) is 0 Å². The summed E-state index contributed by atoms with van der Waals surface area (Å²) in [7, 11) is 0. The lowest BCUT2D eigenvalue weighted by Crippen LogP contribution is -2.14. The third-order valence-corrected chi connectivity index (χ3v) is 6.25. The van der Waals surface area contributed by atoms with Gasteiger partial charge < -0.3 is 13.9 Å². The Morgan fingerprint density at radius 1 is 1.00 bits per heavy atom. The molecule has 1 aromatic heterocycles. The summed E-state index contributed by atoms with van der Waals surface area (Å²) < 4.78 is 16.7. The number of hydrogen-bond donors (Lipinski definition) is 0. The van der Waals surface area contributed by atoms with Gasteiger partial charge in [0.25, 0.3) is 0 Å². The van der Waals surface area contributed by atoms with Crippen molar-refractivity contribution < 1.29 is 18.7 Å². The molecule has 0 aliphatic heterocycles. The van der Waals surface area contributed by atoms with Crippen LogP contribution in [-0.2, 0) is 22.6 Å². The fourth-order valence-corrected chi connectivity index (χ4v) is 4.25. The first-order chi connectivity index (χ1) is 17.4. The van der Waals surface area contributed by atoms with Gasteiger partial charge >= 0.3 is 11.6 Å². The van der Waals surface area contributed by atoms with Crippen LogP contribution in [0.4, 0.5) is 0 Å². The van der Waals surface area contributed by atoms with Gasteiger partial charge in [0, 0.05) is 22.9 Å². The van der Waals surface area contributed by atoms with E-state index in [0.717, 1.165) is 33.2 Å². The molecule has 0 spiro atoms. The summed E-state index contributed by atoms with van der Waals surface area (Å²) in [4.78, 5) is 24.4. The van der Waals surface area contributed by atoms with Gasteiger partial charge in [-0.1, -0.05) is 42.5 Å². The molecule has 0 saturated carbocycles. The Kier molecular flexibility index (Phi) is 7.50. The molecule has 4 rings (SSSR count). The van der Waals surface area contributed by atoms with E-state index in [-0.39, 0.29) is 18.8 Å². The van der Waals surface area contributed by atoms with Gasteiger partial charge in [0.05, 0.1) is 18.2 Å². The van der Waals surface area contributed by atoms with Gasteiger partial charge in [0.1, 0.15) is 17.9 Å². The van der Waals surface area contributed by atoms with Crippen LogP contribution in [0.25, 0.3) is 22.1 Å². The highest BCUT2D eigenvalue weighted by molar-refractivity contribution is 5.85. The summed E-state index contributed by atoms with van der Waals surface area (Å²) in [6.45, 7) is 6.13. The van der Waals surface area contributed by atoms with Gasteiger partial charge in [-0.2, -0.15) is 5.26 Å². The molecule has 0 aliphatic carbocycles. The van der Waals surface area contributed by atoms with Gasteiger partial charge in [-0.3, -0.25) is 4.79 Å². The summed E-state index contributed by atoms with van der Waals surface area (Å²) in [5.74, 6) is 0.293. The highest BCUT2D eigenvalue weighted by Gasteiger charge is 2.16. The number of hydrogen-bond acceptors (Lipinski definition) is 6. The maximum atomic E-state index is 12.7. The molecule has 36 heavy (non-hydrogen) atoms. The van der Waals surface area contributed by atoms with Crippen molar-refractivity contribution in [3.05, 3.63) is 98.9 Å². The van der Waals surface area contributed by atoms with Crippen molar-refractivity contribution in [3.8, 4) is 22.9 Å². The summed E-state index contributed by atoms with van der Waals surface area (Å²) >= 11 is 0. The highest BCUT2D eigenvalue weighted by atomic mass is 16.5. The van der Waals surface area contributed by atoms with Gasteiger partial charge in [0.2, 0.25) is 0 Å². The average molecular weight is 482 g/mol. The van der Waals surface area contributed by atoms with Crippen molar-refractivity contribution in [2.75, 3.05) is 6.61 Å². The number of fused-ring (bicyclic) bond motifs is 1. The quantitative estimate of drug-likeness (QED) is 0.226. The zero-order chi connectivity index (χ0) is 25.7. The topological polar surface area (TPSA) is 89.5 Å². The molecule has 0 N–H and O–H groups in total. The van der Waals surface area contributed by atoms with Crippen molar-refractivity contribution in [2.45, 2.75) is 40.2 Å². The third kappa shape index (κ3) is 5.16. The van der Waals surface area contributed by atoms with Crippen LogP contribution in [0.5, 0.6) is 5.75 Å². The van der Waals surface area contributed by atoms with Gasteiger partial charge in [0.15, 0.2) is 0 Å². The molecule has 0 radical (unpaired) electrons. The van der Waals surface area contributed by atoms with E-state index in [9.17, 15) is 14.9 Å². The lowest BCUT2D eigenvalue weighted by molar-refractivity contribution is -0.143. The first-order valence-electron chi connectivity index (χ1n) is 11.9. The van der Waals surface area contributed by atoms with E-state index in [2.05, 4.69) is 6.07 Å². The second kappa shape index (κ2) is 10.9. The predicted molar refractivity (Wildman–Crippen MR) is 138 cm³/mol. The first kappa shape index (κ1) is 24.7. The summed E-state index contributed by atoms with van der Waals surface area (Å²) in [6, 6.07) is 21.4. The first-order valence-corrected chi connectivity index (χ1v) is 11.9. The molecule has 0 aliphatic rings. The van der Waals surface area contributed by atoms with E-state index in [1.807, 2.05) is 68.4 Å². The van der Waals surface area contributed by atoms with E-state index < -0.39 is 5.63 Å². The Labute approximate surface area is 209 Å². The molecular weight excluding hydrogens is 454 g/mol. The van der Waals surface area contributed by atoms with E-state index in [1.165, 1.54) is 0 Å². The van der Waals surface area contributed by atoms with Crippen LogP contribution in [0.3, 0.4) is 0 Å². The molecule has 1 heterocycles. The van der Waals surface area contributed by atoms with Crippen LogP contribution in [0, 0.1) is 25.2 Å². The number of nitrogens with zero attached hydrogens (tertiary/aromatic N) is 1. The number of carbonyl (C=O) groups is 1. The van der Waals surface area contributed by atoms with E-state index >= 15 is 0 Å². The SMILES string of the molecule is CCOC(=O)CCc1c(C)c2ccc(OCc3ccc(-c4ccccc4C#N)cc3)c(C)c2oc1=O. The fourth-order valence-electron chi connectivity index (χ4n) is 4.25. The Balaban J connectivity index is 1.52. The van der Waals surface area contributed by atoms with E-state index in [0.29, 0.717) is 35.7 Å². The molecule has 0 atom stereocenters. The standard InChI is InChI=1S/C30H27NO5/c1-4-34-28(32)16-14-25-19(2)24-13-15-27(20(3)29(24)36-30(25)33)35-18-21-9-11-22(12-10-21)26-8-6-5-7-23(26)17-31/h5-13,15H,4,14,16,18H2,1-3H3. The molecule has 0 saturated heterocycles. The molecule has 0 unspecified atom stereocenters. The number of carbonyl (C=O) groups excluding carboxylic acids is 1. The highest BCUT2D eigenvalue weighted by Crippen LogP contribution is 2.30. The number of nitriles is 1. The third-order valence-electron chi connectivity index (χ3n) is 6.25. The van der Waals surface area contributed by atoms with Crippen LogP contribution < -0.4 is 10.4 Å². The average Bonchev–Trinajstić information content (AvgIpc) is 2.89. The summed E-state index contributed by atoms with van der Waals surface area (Å²) in [6.07, 6.45) is 0.404.